The van der Waals surface area contributed by atoms with E-state index in [2.05, 4.69) is 221 Å². The first kappa shape index (κ1) is 47.7. The van der Waals surface area contributed by atoms with E-state index in [0.29, 0.717) is 11.8 Å². The summed E-state index contributed by atoms with van der Waals surface area (Å²) in [5.41, 5.74) is 14.4. The van der Waals surface area contributed by atoms with Crippen molar-refractivity contribution in [1.29, 1.82) is 0 Å². The first-order chi connectivity index (χ1) is 29.7. The van der Waals surface area contributed by atoms with Gasteiger partial charge in [-0.2, -0.15) is 41.6 Å². The van der Waals surface area contributed by atoms with E-state index in [0.717, 1.165) is 9.52 Å². The van der Waals surface area contributed by atoms with Crippen molar-refractivity contribution in [3.05, 3.63) is 180 Å². The van der Waals surface area contributed by atoms with Gasteiger partial charge in [-0.1, -0.05) is 176 Å². The Balaban J connectivity index is 0.000000155. The molecule has 0 N–H and O–H groups in total. The molecule has 8 aromatic carbocycles. The van der Waals surface area contributed by atoms with E-state index in [1.807, 2.05) is 6.07 Å². The second-order valence-corrected chi connectivity index (χ2v) is 23.6. The quantitative estimate of drug-likeness (QED) is 0.115. The van der Waals surface area contributed by atoms with Gasteiger partial charge in [-0.25, -0.2) is 0 Å². The average Bonchev–Trinajstić information content (AvgIpc) is 4.03. The molecule has 4 heteroatoms. The van der Waals surface area contributed by atoms with Gasteiger partial charge in [0.25, 0.3) is 0 Å². The van der Waals surface area contributed by atoms with Crippen LogP contribution < -0.4 is 10.4 Å². The molecule has 0 fully saturated rings. The molecule has 1 aliphatic rings. The molecule has 0 bridgehead atoms. The molecule has 2 unspecified atom stereocenters. The van der Waals surface area contributed by atoms with Gasteiger partial charge in [-0.3, -0.25) is 0 Å². The molecule has 8 aromatic rings. The molecule has 9 rings (SSSR count). The minimum Gasteiger partial charge on any atom is -0.184 e. The molecular formula is C58H61Cl2SiZr-3. The molecule has 0 spiro atoms. The third-order valence-corrected chi connectivity index (χ3v) is 13.7. The summed E-state index contributed by atoms with van der Waals surface area (Å²) < 4.78 is 0. The van der Waals surface area contributed by atoms with Crippen molar-refractivity contribution in [3.8, 4) is 33.4 Å². The molecule has 0 saturated heterocycles. The Kier molecular flexibility index (Phi) is 16.4. The Morgan fingerprint density at radius 2 is 0.935 bits per heavy atom. The summed E-state index contributed by atoms with van der Waals surface area (Å²) >= 11 is -0.826. The third-order valence-electron chi connectivity index (χ3n) is 12.4. The zero-order chi connectivity index (χ0) is 44.6. The second-order valence-electron chi connectivity index (χ2n) is 18.6. The summed E-state index contributed by atoms with van der Waals surface area (Å²) in [5.74, 6) is 1.16. The molecule has 0 nitrogen and oxygen atoms in total. The summed E-state index contributed by atoms with van der Waals surface area (Å²) in [6, 6.07) is 58.8. The van der Waals surface area contributed by atoms with E-state index in [1.54, 1.807) is 0 Å². The molecule has 1 heterocycles. The van der Waals surface area contributed by atoms with Crippen molar-refractivity contribution >= 4 is 58.5 Å². The smallest absolute Gasteiger partial charge is 0.0920 e. The van der Waals surface area contributed by atoms with Crippen LogP contribution in [0, 0.1) is 6.07 Å². The number of rotatable bonds is 6. The normalized spacial score (nSPS) is 12.8. The van der Waals surface area contributed by atoms with Crippen molar-refractivity contribution in [3.63, 3.8) is 0 Å². The number of halogens is 2. The number of benzene rings is 6. The zero-order valence-corrected chi connectivity index (χ0v) is 43.2. The predicted molar refractivity (Wildman–Crippen MR) is 272 cm³/mol. The van der Waals surface area contributed by atoms with Crippen molar-refractivity contribution < 1.29 is 20.8 Å². The summed E-state index contributed by atoms with van der Waals surface area (Å²) in [4.78, 5) is 0. The Bertz CT molecular complexity index is 2520. The summed E-state index contributed by atoms with van der Waals surface area (Å²) in [6.45, 7) is 22.9. The Morgan fingerprint density at radius 3 is 1.39 bits per heavy atom. The van der Waals surface area contributed by atoms with Gasteiger partial charge in [0.15, 0.2) is 0 Å². The van der Waals surface area contributed by atoms with Crippen LogP contribution in [0.2, 0.25) is 0 Å². The number of hydrogen-bond donors (Lipinski definition) is 0. The predicted octanol–water partition coefficient (Wildman–Crippen LogP) is 16.6. The molecule has 0 aromatic heterocycles. The maximum atomic E-state index is 4.93. The Morgan fingerprint density at radius 1 is 0.532 bits per heavy atom. The maximum absolute atomic E-state index is 4.93. The van der Waals surface area contributed by atoms with E-state index in [9.17, 15) is 0 Å². The van der Waals surface area contributed by atoms with Crippen LogP contribution in [0.4, 0.5) is 0 Å². The van der Waals surface area contributed by atoms with Gasteiger partial charge in [0.05, 0.1) is 9.52 Å². The Hall–Kier alpha value is -3.78. The largest absolute Gasteiger partial charge is 0.184 e. The van der Waals surface area contributed by atoms with E-state index in [4.69, 9.17) is 17.0 Å². The van der Waals surface area contributed by atoms with E-state index >= 15 is 0 Å². The van der Waals surface area contributed by atoms with Gasteiger partial charge in [-0.15, -0.1) is 74.6 Å². The monoisotopic (exact) mass is 945 g/mol. The van der Waals surface area contributed by atoms with Crippen molar-refractivity contribution in [1.82, 2.24) is 0 Å². The van der Waals surface area contributed by atoms with Crippen LogP contribution in [0.15, 0.2) is 152 Å². The van der Waals surface area contributed by atoms with Gasteiger partial charge >= 0.3 is 37.9 Å². The van der Waals surface area contributed by atoms with Gasteiger partial charge < -0.3 is 0 Å². The molecule has 1 aliphatic heterocycles. The van der Waals surface area contributed by atoms with Crippen LogP contribution in [-0.4, -0.2) is 9.52 Å². The molecular weight excluding hydrogens is 887 g/mol. The van der Waals surface area contributed by atoms with Crippen molar-refractivity contribution in [2.75, 3.05) is 0 Å². The summed E-state index contributed by atoms with van der Waals surface area (Å²) in [6.07, 6.45) is 2.34. The molecule has 318 valence electrons. The van der Waals surface area contributed by atoms with Crippen LogP contribution in [0.25, 0.3) is 54.9 Å². The molecule has 62 heavy (non-hydrogen) atoms. The van der Waals surface area contributed by atoms with Gasteiger partial charge in [0.2, 0.25) is 0 Å². The second kappa shape index (κ2) is 21.3. The van der Waals surface area contributed by atoms with E-state index < -0.39 is 20.8 Å². The van der Waals surface area contributed by atoms with Crippen LogP contribution in [0.3, 0.4) is 0 Å². The zero-order valence-electron chi connectivity index (χ0n) is 38.3. The van der Waals surface area contributed by atoms with Gasteiger partial charge in [-0.05, 0) is 57.8 Å². The average molecular weight is 948 g/mol. The minimum absolute atomic E-state index is 0.187. The number of fused-ring (bicyclic) bond motifs is 5. The molecule has 2 radical (unpaired) electrons. The SMILES string of the molecule is CCC(C)c1ccccc1-c1cccc2[cH-]c(C(C)(C)C)cc12.CCC(C)c1ccccc1-c1cccc2[cH-]c(C(C)(C)C)cc12.[Cl][Zr][Cl].[c-]1cccc2c1[Si]c1ccccc1-2. The third kappa shape index (κ3) is 11.1. The first-order valence-electron chi connectivity index (χ1n) is 22.1. The van der Waals surface area contributed by atoms with Crippen LogP contribution >= 0.6 is 17.0 Å². The van der Waals surface area contributed by atoms with E-state index in [-0.39, 0.29) is 10.8 Å². The molecule has 0 aliphatic carbocycles. The van der Waals surface area contributed by atoms with Crippen LogP contribution in [0.1, 0.15) is 116 Å². The fourth-order valence-electron chi connectivity index (χ4n) is 8.32. The molecule has 2 atom stereocenters. The standard InChI is InChI=1S/2C23H27.C12H7Si.2ClH.Zr/c2*1-6-16(2)19-11-7-8-12-20(19)21-13-9-10-17-14-18(15-22(17)21)23(3,4)5;1-3-7-11-9(5-1)10-6-2-4-8-12(10)13-11;;;/h2*7-16H,6H2,1-5H3;1-7H;2*1H;/q3*-1;;;+2/p-2. The fraction of sp³-hybridized carbons (Fsp3) is 0.276. The van der Waals surface area contributed by atoms with E-state index in [1.165, 1.54) is 100 Å². The van der Waals surface area contributed by atoms with Gasteiger partial charge in [0, 0.05) is 0 Å². The topological polar surface area (TPSA) is 0 Å². The van der Waals surface area contributed by atoms with Crippen LogP contribution in [0.5, 0.6) is 0 Å². The van der Waals surface area contributed by atoms with Crippen LogP contribution in [-0.2, 0) is 31.7 Å². The minimum atomic E-state index is -0.826. The molecule has 0 saturated carbocycles. The summed E-state index contributed by atoms with van der Waals surface area (Å²) in [7, 11) is 10.7. The fourth-order valence-corrected chi connectivity index (χ4v) is 9.63. The van der Waals surface area contributed by atoms with Crippen molar-refractivity contribution in [2.24, 2.45) is 0 Å². The first-order valence-corrected chi connectivity index (χ1v) is 29.4. The molecule has 0 amide bonds. The number of hydrogen-bond acceptors (Lipinski definition) is 0. The summed E-state index contributed by atoms with van der Waals surface area (Å²) in [5, 5.41) is 8.29. The van der Waals surface area contributed by atoms with Crippen molar-refractivity contribution in [2.45, 2.75) is 105 Å². The maximum Gasteiger partial charge on any atom is 0.0920 e. The van der Waals surface area contributed by atoms with Gasteiger partial charge in [0.1, 0.15) is 0 Å². The Labute approximate surface area is 394 Å².